The molecule has 3 aromatic carbocycles. The Labute approximate surface area is 265 Å². The lowest BCUT2D eigenvalue weighted by molar-refractivity contribution is -0.139. The van der Waals surface area contributed by atoms with Crippen LogP contribution in [-0.2, 0) is 20.9 Å². The van der Waals surface area contributed by atoms with Gasteiger partial charge >= 0.3 is 12.0 Å². The normalized spacial score (nSPS) is 14.4. The monoisotopic (exact) mass is 620 g/mol. The number of urea groups is 1. The molecule has 12 nitrogen and oxygen atoms in total. The first-order valence-corrected chi connectivity index (χ1v) is 14.5. The van der Waals surface area contributed by atoms with Gasteiger partial charge in [0, 0.05) is 34.9 Å². The summed E-state index contributed by atoms with van der Waals surface area (Å²) >= 11 is 0. The minimum Gasteiger partial charge on any atom is -0.493 e. The van der Waals surface area contributed by atoms with Crippen molar-refractivity contribution in [3.63, 3.8) is 0 Å². The van der Waals surface area contributed by atoms with Crippen LogP contribution < -0.4 is 25.5 Å². The van der Waals surface area contributed by atoms with E-state index >= 15 is 0 Å². The van der Waals surface area contributed by atoms with E-state index in [1.165, 1.54) is 7.11 Å². The van der Waals surface area contributed by atoms with Crippen LogP contribution in [0, 0.1) is 11.3 Å². The fourth-order valence-corrected chi connectivity index (χ4v) is 5.15. The number of carbonyl (C=O) groups is 3. The number of nitrogens with one attached hydrogen (secondary N) is 3. The summed E-state index contributed by atoms with van der Waals surface area (Å²) in [7, 11) is 1.45. The molecule has 0 unspecified atom stereocenters. The van der Waals surface area contributed by atoms with Crippen LogP contribution in [0.2, 0.25) is 0 Å². The number of methoxy groups -OCH3 is 1. The van der Waals surface area contributed by atoms with E-state index in [1.807, 2.05) is 42.6 Å². The first-order valence-electron chi connectivity index (χ1n) is 14.5. The van der Waals surface area contributed by atoms with Gasteiger partial charge in [0.25, 0.3) is 5.91 Å². The van der Waals surface area contributed by atoms with Crippen LogP contribution in [0.5, 0.6) is 11.5 Å². The SMILES string of the molecule is CCOC(=O)C1=C(C)NC(=O)N[C@H]1c1ccc(OCC(=O)N/N=C/c2cn(Cc3ccc(C#N)cc3)c3ccccc23)c(OC)c1. The van der Waals surface area contributed by atoms with Crippen LogP contribution in [0.15, 0.2) is 89.3 Å². The number of esters is 1. The third-order valence-corrected chi connectivity index (χ3v) is 7.29. The lowest BCUT2D eigenvalue weighted by Gasteiger charge is -2.28. The zero-order valence-corrected chi connectivity index (χ0v) is 25.5. The van der Waals surface area contributed by atoms with Gasteiger partial charge in [0.1, 0.15) is 0 Å². The predicted molar refractivity (Wildman–Crippen MR) is 170 cm³/mol. The number of hydrazone groups is 1. The maximum absolute atomic E-state index is 12.6. The standard InChI is InChI=1S/C34H32N6O6/c1-4-45-33(42)31-21(2)37-34(43)38-32(31)24-13-14-28(29(15-24)44-3)46-20-30(41)39-36-17-25-19-40(27-8-6-5-7-26(25)27)18-23-11-9-22(16-35)10-12-23/h5-15,17,19,32H,4,18,20H2,1-3H3,(H,39,41)(H2,37,38,43)/b36-17+/t32-/m0/s1. The molecule has 3 amide bonds. The van der Waals surface area contributed by atoms with Crippen LogP contribution >= 0.6 is 0 Å². The summed E-state index contributed by atoms with van der Waals surface area (Å²) < 4.78 is 18.5. The second-order valence-corrected chi connectivity index (χ2v) is 10.3. The quantitative estimate of drug-likeness (QED) is 0.128. The van der Waals surface area contributed by atoms with Gasteiger partial charge in [0.2, 0.25) is 0 Å². The van der Waals surface area contributed by atoms with Gasteiger partial charge in [-0.25, -0.2) is 15.0 Å². The number of carbonyl (C=O) groups excluding carboxylic acids is 3. The van der Waals surface area contributed by atoms with Crippen molar-refractivity contribution in [3.05, 3.63) is 106 Å². The van der Waals surface area contributed by atoms with Crippen molar-refractivity contribution in [2.24, 2.45) is 5.10 Å². The highest BCUT2D eigenvalue weighted by Gasteiger charge is 2.32. The first-order chi connectivity index (χ1) is 22.3. The van der Waals surface area contributed by atoms with Gasteiger partial charge in [-0.15, -0.1) is 0 Å². The molecule has 1 aromatic heterocycles. The van der Waals surface area contributed by atoms with Gasteiger partial charge in [-0.3, -0.25) is 4.79 Å². The van der Waals surface area contributed by atoms with Gasteiger partial charge < -0.3 is 29.4 Å². The topological polar surface area (TPSA) is 156 Å². The minimum absolute atomic E-state index is 0.182. The Balaban J connectivity index is 1.24. The molecule has 2 heterocycles. The highest BCUT2D eigenvalue weighted by Crippen LogP contribution is 2.34. The average Bonchev–Trinajstić information content (AvgIpc) is 3.40. The van der Waals surface area contributed by atoms with E-state index in [9.17, 15) is 14.4 Å². The molecule has 1 aliphatic rings. The second-order valence-electron chi connectivity index (χ2n) is 10.3. The highest BCUT2D eigenvalue weighted by molar-refractivity contribution is 6.00. The smallest absolute Gasteiger partial charge is 0.338 e. The highest BCUT2D eigenvalue weighted by atomic mass is 16.5. The fraction of sp³-hybridized carbons (Fsp3) is 0.206. The van der Waals surface area contributed by atoms with Crippen LogP contribution in [0.4, 0.5) is 4.79 Å². The molecule has 5 rings (SSSR count). The molecule has 234 valence electrons. The number of para-hydroxylation sites is 1. The summed E-state index contributed by atoms with van der Waals surface area (Å²) in [6.45, 7) is 3.77. The molecule has 46 heavy (non-hydrogen) atoms. The van der Waals surface area contributed by atoms with E-state index in [0.29, 0.717) is 29.1 Å². The number of nitrogens with zero attached hydrogens (tertiary/aromatic N) is 3. The molecule has 12 heteroatoms. The van der Waals surface area contributed by atoms with E-state index in [1.54, 1.807) is 50.4 Å². The van der Waals surface area contributed by atoms with Gasteiger partial charge in [0.15, 0.2) is 18.1 Å². The Morgan fingerprint density at radius 1 is 1.11 bits per heavy atom. The molecule has 3 N–H and O–H groups in total. The van der Waals surface area contributed by atoms with E-state index < -0.39 is 23.9 Å². The van der Waals surface area contributed by atoms with Crippen LogP contribution in [0.25, 0.3) is 10.9 Å². The second kappa shape index (κ2) is 14.1. The number of rotatable bonds is 11. The Morgan fingerprint density at radius 2 is 1.89 bits per heavy atom. The summed E-state index contributed by atoms with van der Waals surface area (Å²) in [4.78, 5) is 37.4. The number of nitriles is 1. The third-order valence-electron chi connectivity index (χ3n) is 7.29. The molecule has 1 atom stereocenters. The van der Waals surface area contributed by atoms with Gasteiger partial charge in [-0.05, 0) is 55.3 Å². The number of allylic oxidation sites excluding steroid dienone is 1. The average molecular weight is 621 g/mol. The largest absolute Gasteiger partial charge is 0.493 e. The van der Waals surface area contributed by atoms with Crippen molar-refractivity contribution in [3.8, 4) is 17.6 Å². The molecule has 0 saturated carbocycles. The maximum Gasteiger partial charge on any atom is 0.338 e. The zero-order chi connectivity index (χ0) is 32.6. The van der Waals surface area contributed by atoms with Gasteiger partial charge in [-0.1, -0.05) is 36.4 Å². The Hall–Kier alpha value is -6.09. The maximum atomic E-state index is 12.6. The molecule has 1 aliphatic heterocycles. The summed E-state index contributed by atoms with van der Waals surface area (Å²) in [6.07, 6.45) is 3.53. The molecular formula is C34H32N6O6. The van der Waals surface area contributed by atoms with E-state index in [-0.39, 0.29) is 24.5 Å². The fourth-order valence-electron chi connectivity index (χ4n) is 5.15. The van der Waals surface area contributed by atoms with Crippen LogP contribution in [0.3, 0.4) is 0 Å². The van der Waals surface area contributed by atoms with Crippen molar-refractivity contribution in [2.75, 3.05) is 20.3 Å². The summed E-state index contributed by atoms with van der Waals surface area (Å²) in [5.41, 5.74) is 7.18. The number of amides is 3. The molecule has 0 bridgehead atoms. The van der Waals surface area contributed by atoms with Crippen molar-refractivity contribution in [2.45, 2.75) is 26.4 Å². The predicted octanol–water partition coefficient (Wildman–Crippen LogP) is 4.29. The van der Waals surface area contributed by atoms with E-state index in [0.717, 1.165) is 22.0 Å². The van der Waals surface area contributed by atoms with Crippen molar-refractivity contribution in [1.82, 2.24) is 20.6 Å². The Bertz CT molecular complexity index is 1890. The molecule has 0 spiro atoms. The number of ether oxygens (including phenoxy) is 3. The van der Waals surface area contributed by atoms with Crippen LogP contribution in [0.1, 0.15) is 42.1 Å². The minimum atomic E-state index is -0.775. The lowest BCUT2D eigenvalue weighted by atomic mass is 9.95. The summed E-state index contributed by atoms with van der Waals surface area (Å²) in [6, 6.07) is 21.1. The summed E-state index contributed by atoms with van der Waals surface area (Å²) in [5, 5.41) is 19.5. The third kappa shape index (κ3) is 7.00. The number of aromatic nitrogens is 1. The number of benzene rings is 3. The molecule has 0 fully saturated rings. The Morgan fingerprint density at radius 3 is 2.63 bits per heavy atom. The number of hydrogen-bond donors (Lipinski definition) is 3. The van der Waals surface area contributed by atoms with Gasteiger partial charge in [0.05, 0.1) is 43.2 Å². The van der Waals surface area contributed by atoms with E-state index in [2.05, 4.69) is 31.8 Å². The van der Waals surface area contributed by atoms with Gasteiger partial charge in [-0.2, -0.15) is 10.4 Å². The lowest BCUT2D eigenvalue weighted by Crippen LogP contribution is -2.45. The van der Waals surface area contributed by atoms with Crippen molar-refractivity contribution >= 4 is 35.0 Å². The molecule has 0 radical (unpaired) electrons. The first kappa shape index (κ1) is 31.3. The summed E-state index contributed by atoms with van der Waals surface area (Å²) in [5.74, 6) is -0.449. The molecule has 0 saturated heterocycles. The van der Waals surface area contributed by atoms with E-state index in [4.69, 9.17) is 19.5 Å². The molecule has 4 aromatic rings. The van der Waals surface area contributed by atoms with Crippen molar-refractivity contribution < 1.29 is 28.6 Å². The number of fused-ring (bicyclic) bond motifs is 1. The number of hydrogen-bond acceptors (Lipinski definition) is 8. The zero-order valence-electron chi connectivity index (χ0n) is 25.5. The Kier molecular flexibility index (Phi) is 9.63. The molecule has 0 aliphatic carbocycles. The molecular weight excluding hydrogens is 588 g/mol. The van der Waals surface area contributed by atoms with Crippen LogP contribution in [-0.4, -0.2) is 49.0 Å². The van der Waals surface area contributed by atoms with Crippen molar-refractivity contribution in [1.29, 1.82) is 5.26 Å².